The van der Waals surface area contributed by atoms with E-state index in [1.165, 1.54) is 30.2 Å². The first kappa shape index (κ1) is 13.0. The van der Waals surface area contributed by atoms with Gasteiger partial charge in [-0.2, -0.15) is 0 Å². The first-order valence-corrected chi connectivity index (χ1v) is 6.66. The van der Waals surface area contributed by atoms with Crippen LogP contribution >= 0.6 is 0 Å². The average molecular weight is 243 g/mol. The first-order chi connectivity index (χ1) is 8.85. The maximum Gasteiger partial charge on any atom is 0.0702 e. The molecule has 0 spiro atoms. The predicted octanol–water partition coefficient (Wildman–Crippen LogP) is 3.32. The summed E-state index contributed by atoms with van der Waals surface area (Å²) in [5.74, 6) is 5.67. The third-order valence-electron chi connectivity index (χ3n) is 3.33. The van der Waals surface area contributed by atoms with E-state index >= 15 is 0 Å². The highest BCUT2D eigenvalue weighted by Crippen LogP contribution is 2.22. The number of rotatable bonds is 6. The van der Waals surface area contributed by atoms with Crippen LogP contribution in [-0.2, 0) is 0 Å². The summed E-state index contributed by atoms with van der Waals surface area (Å²) in [5.41, 5.74) is 5.20. The van der Waals surface area contributed by atoms with Crippen LogP contribution < -0.4 is 11.3 Å². The molecule has 1 unspecified atom stereocenters. The fourth-order valence-electron chi connectivity index (χ4n) is 2.26. The molecular formula is C15H21N3. The number of fused-ring (bicyclic) bond motifs is 1. The minimum atomic E-state index is 0.237. The Morgan fingerprint density at radius 1 is 1.28 bits per heavy atom. The van der Waals surface area contributed by atoms with Gasteiger partial charge in [-0.25, -0.2) is 0 Å². The standard InChI is InChI=1S/C15H21N3/c1-2-3-4-7-15(18-16)13-8-9-14-12(11-13)6-5-10-17-14/h5-6,8-11,15,18H,2-4,7,16H2,1H3. The largest absolute Gasteiger partial charge is 0.271 e. The molecule has 3 heteroatoms. The van der Waals surface area contributed by atoms with Gasteiger partial charge in [-0.05, 0) is 30.2 Å². The lowest BCUT2D eigenvalue weighted by Crippen LogP contribution is -2.27. The molecule has 0 amide bonds. The van der Waals surface area contributed by atoms with Gasteiger partial charge < -0.3 is 0 Å². The molecule has 0 saturated carbocycles. The predicted molar refractivity (Wildman–Crippen MR) is 75.9 cm³/mol. The van der Waals surface area contributed by atoms with Gasteiger partial charge in [0.05, 0.1) is 5.52 Å². The molecule has 18 heavy (non-hydrogen) atoms. The number of hydrogen-bond donors (Lipinski definition) is 2. The van der Waals surface area contributed by atoms with E-state index in [-0.39, 0.29) is 6.04 Å². The Balaban J connectivity index is 2.17. The van der Waals surface area contributed by atoms with E-state index in [1.807, 2.05) is 12.3 Å². The first-order valence-electron chi connectivity index (χ1n) is 6.66. The molecule has 0 fully saturated rings. The Kier molecular flexibility index (Phi) is 4.67. The van der Waals surface area contributed by atoms with Gasteiger partial charge >= 0.3 is 0 Å². The summed E-state index contributed by atoms with van der Waals surface area (Å²) < 4.78 is 0. The van der Waals surface area contributed by atoms with Crippen molar-refractivity contribution in [1.82, 2.24) is 10.4 Å². The van der Waals surface area contributed by atoms with Crippen molar-refractivity contribution < 1.29 is 0 Å². The minimum absolute atomic E-state index is 0.237. The van der Waals surface area contributed by atoms with Crippen molar-refractivity contribution >= 4 is 10.9 Å². The van der Waals surface area contributed by atoms with Crippen molar-refractivity contribution in [2.24, 2.45) is 5.84 Å². The van der Waals surface area contributed by atoms with Crippen LogP contribution in [0.25, 0.3) is 10.9 Å². The Morgan fingerprint density at radius 3 is 2.94 bits per heavy atom. The van der Waals surface area contributed by atoms with Crippen LogP contribution in [0.4, 0.5) is 0 Å². The molecule has 0 saturated heterocycles. The fraction of sp³-hybridized carbons (Fsp3) is 0.400. The van der Waals surface area contributed by atoms with Gasteiger partial charge in [0.2, 0.25) is 0 Å². The van der Waals surface area contributed by atoms with Crippen LogP contribution in [0.3, 0.4) is 0 Å². The number of aromatic nitrogens is 1. The number of unbranched alkanes of at least 4 members (excludes halogenated alkanes) is 2. The zero-order chi connectivity index (χ0) is 12.8. The van der Waals surface area contributed by atoms with Gasteiger partial charge in [0, 0.05) is 17.6 Å². The molecule has 3 nitrogen and oxygen atoms in total. The Labute approximate surface area is 108 Å². The van der Waals surface area contributed by atoms with Gasteiger partial charge in [-0.3, -0.25) is 16.3 Å². The highest BCUT2D eigenvalue weighted by Gasteiger charge is 2.09. The number of benzene rings is 1. The van der Waals surface area contributed by atoms with Gasteiger partial charge in [0.15, 0.2) is 0 Å². The highest BCUT2D eigenvalue weighted by atomic mass is 15.2. The Bertz CT molecular complexity index is 496. The Hall–Kier alpha value is -1.45. The molecule has 96 valence electrons. The van der Waals surface area contributed by atoms with Gasteiger partial charge in [0.1, 0.15) is 0 Å². The summed E-state index contributed by atoms with van der Waals surface area (Å²) in [6, 6.07) is 10.7. The van der Waals surface area contributed by atoms with Crippen LogP contribution in [0.1, 0.15) is 44.2 Å². The molecule has 3 N–H and O–H groups in total. The number of hydrazine groups is 1. The third kappa shape index (κ3) is 3.06. The molecule has 0 aliphatic heterocycles. The molecular weight excluding hydrogens is 222 g/mol. The SMILES string of the molecule is CCCCCC(NN)c1ccc2ncccc2c1. The second-order valence-corrected chi connectivity index (χ2v) is 4.67. The van der Waals surface area contributed by atoms with Crippen LogP contribution in [0.15, 0.2) is 36.5 Å². The zero-order valence-electron chi connectivity index (χ0n) is 10.9. The van der Waals surface area contributed by atoms with E-state index in [9.17, 15) is 0 Å². The molecule has 1 atom stereocenters. The lowest BCUT2D eigenvalue weighted by Gasteiger charge is -2.16. The summed E-state index contributed by atoms with van der Waals surface area (Å²) >= 11 is 0. The van der Waals surface area contributed by atoms with Crippen LogP contribution in [0.2, 0.25) is 0 Å². The van der Waals surface area contributed by atoms with Gasteiger partial charge in [-0.15, -0.1) is 0 Å². The molecule has 0 bridgehead atoms. The lowest BCUT2D eigenvalue weighted by atomic mass is 9.99. The molecule has 2 rings (SSSR count). The summed E-state index contributed by atoms with van der Waals surface area (Å²) in [6.45, 7) is 2.21. The fourth-order valence-corrected chi connectivity index (χ4v) is 2.26. The second kappa shape index (κ2) is 6.47. The summed E-state index contributed by atoms with van der Waals surface area (Å²) in [7, 11) is 0. The minimum Gasteiger partial charge on any atom is -0.271 e. The van der Waals surface area contributed by atoms with E-state index in [4.69, 9.17) is 5.84 Å². The lowest BCUT2D eigenvalue weighted by molar-refractivity contribution is 0.487. The van der Waals surface area contributed by atoms with Gasteiger partial charge in [0.25, 0.3) is 0 Å². The van der Waals surface area contributed by atoms with Crippen molar-refractivity contribution in [3.8, 4) is 0 Å². The Morgan fingerprint density at radius 2 is 2.17 bits per heavy atom. The molecule has 2 aromatic rings. The molecule has 0 aliphatic carbocycles. The van der Waals surface area contributed by atoms with E-state index in [2.05, 4.69) is 41.6 Å². The monoisotopic (exact) mass is 243 g/mol. The number of nitrogens with zero attached hydrogens (tertiary/aromatic N) is 1. The van der Waals surface area contributed by atoms with Crippen molar-refractivity contribution in [3.05, 3.63) is 42.1 Å². The summed E-state index contributed by atoms with van der Waals surface area (Å²) in [4.78, 5) is 4.33. The van der Waals surface area contributed by atoms with Gasteiger partial charge in [-0.1, -0.05) is 38.3 Å². The highest BCUT2D eigenvalue weighted by molar-refractivity contribution is 5.79. The van der Waals surface area contributed by atoms with E-state index < -0.39 is 0 Å². The van der Waals surface area contributed by atoms with Crippen LogP contribution in [0, 0.1) is 0 Å². The average Bonchev–Trinajstić information content (AvgIpc) is 2.43. The maximum atomic E-state index is 5.67. The molecule has 0 radical (unpaired) electrons. The van der Waals surface area contributed by atoms with Crippen molar-refractivity contribution in [3.63, 3.8) is 0 Å². The van der Waals surface area contributed by atoms with E-state index in [1.54, 1.807) is 0 Å². The number of pyridine rings is 1. The topological polar surface area (TPSA) is 50.9 Å². The van der Waals surface area contributed by atoms with Crippen molar-refractivity contribution in [2.75, 3.05) is 0 Å². The van der Waals surface area contributed by atoms with Crippen LogP contribution in [0.5, 0.6) is 0 Å². The normalized spacial score (nSPS) is 12.8. The van der Waals surface area contributed by atoms with E-state index in [0.29, 0.717) is 0 Å². The zero-order valence-corrected chi connectivity index (χ0v) is 10.9. The molecule has 0 aliphatic rings. The molecule has 1 aromatic carbocycles. The maximum absolute atomic E-state index is 5.67. The molecule has 1 aromatic heterocycles. The summed E-state index contributed by atoms with van der Waals surface area (Å²) in [5, 5.41) is 1.17. The third-order valence-corrected chi connectivity index (χ3v) is 3.33. The van der Waals surface area contributed by atoms with Crippen LogP contribution in [-0.4, -0.2) is 4.98 Å². The molecule has 1 heterocycles. The smallest absolute Gasteiger partial charge is 0.0702 e. The quantitative estimate of drug-likeness (QED) is 0.465. The number of hydrogen-bond acceptors (Lipinski definition) is 3. The number of nitrogens with one attached hydrogen (secondary N) is 1. The van der Waals surface area contributed by atoms with E-state index in [0.717, 1.165) is 11.9 Å². The summed E-state index contributed by atoms with van der Waals surface area (Å²) in [6.07, 6.45) is 6.60. The van der Waals surface area contributed by atoms with Crippen molar-refractivity contribution in [1.29, 1.82) is 0 Å². The van der Waals surface area contributed by atoms with Crippen molar-refractivity contribution in [2.45, 2.75) is 38.6 Å². The number of nitrogens with two attached hydrogens (primary N) is 1. The second-order valence-electron chi connectivity index (χ2n) is 4.67.